The van der Waals surface area contributed by atoms with Crippen molar-refractivity contribution >= 4 is 0 Å². The Balaban J connectivity index is 1.77. The molecule has 0 radical (unpaired) electrons. The molecule has 21 heavy (non-hydrogen) atoms. The SMILES string of the molecule is CCCOc1cccc(CN2CCC(CCNC)CC2)c1. The first-order valence-corrected chi connectivity index (χ1v) is 8.40. The average molecular weight is 290 g/mol. The van der Waals surface area contributed by atoms with Crippen molar-refractivity contribution in [1.29, 1.82) is 0 Å². The number of hydrogen-bond acceptors (Lipinski definition) is 3. The van der Waals surface area contributed by atoms with Crippen LogP contribution in [-0.2, 0) is 6.54 Å². The third-order valence-corrected chi connectivity index (χ3v) is 4.29. The highest BCUT2D eigenvalue weighted by Gasteiger charge is 2.18. The van der Waals surface area contributed by atoms with Crippen LogP contribution in [-0.4, -0.2) is 38.2 Å². The molecule has 1 fully saturated rings. The van der Waals surface area contributed by atoms with Crippen LogP contribution in [0.3, 0.4) is 0 Å². The number of hydrogen-bond donors (Lipinski definition) is 1. The third kappa shape index (κ3) is 5.68. The Morgan fingerprint density at radius 1 is 1.29 bits per heavy atom. The Hall–Kier alpha value is -1.06. The fraction of sp³-hybridized carbons (Fsp3) is 0.667. The molecule has 0 atom stereocenters. The van der Waals surface area contributed by atoms with Gasteiger partial charge >= 0.3 is 0 Å². The van der Waals surface area contributed by atoms with Crippen molar-refractivity contribution in [2.75, 3.05) is 33.3 Å². The van der Waals surface area contributed by atoms with E-state index in [0.29, 0.717) is 0 Å². The van der Waals surface area contributed by atoms with E-state index < -0.39 is 0 Å². The summed E-state index contributed by atoms with van der Waals surface area (Å²) in [7, 11) is 2.04. The van der Waals surface area contributed by atoms with Gasteiger partial charge in [-0.3, -0.25) is 4.90 Å². The molecule has 1 aliphatic heterocycles. The average Bonchev–Trinajstić information content (AvgIpc) is 2.53. The van der Waals surface area contributed by atoms with Gasteiger partial charge in [-0.25, -0.2) is 0 Å². The van der Waals surface area contributed by atoms with Gasteiger partial charge in [0.05, 0.1) is 6.61 Å². The Bertz CT molecular complexity index is 400. The van der Waals surface area contributed by atoms with Crippen LogP contribution in [0.1, 0.15) is 38.2 Å². The lowest BCUT2D eigenvalue weighted by Gasteiger charge is -2.32. The number of benzene rings is 1. The van der Waals surface area contributed by atoms with Crippen molar-refractivity contribution in [3.8, 4) is 5.75 Å². The summed E-state index contributed by atoms with van der Waals surface area (Å²) in [5.41, 5.74) is 1.37. The molecule has 0 amide bonds. The topological polar surface area (TPSA) is 24.5 Å². The number of likely N-dealkylation sites (tertiary alicyclic amines) is 1. The first-order valence-electron chi connectivity index (χ1n) is 8.40. The normalized spacial score (nSPS) is 17.0. The molecule has 2 rings (SSSR count). The molecular formula is C18H30N2O. The largest absolute Gasteiger partial charge is 0.494 e. The zero-order valence-corrected chi connectivity index (χ0v) is 13.6. The minimum Gasteiger partial charge on any atom is -0.494 e. The second kappa shape index (κ2) is 9.06. The second-order valence-corrected chi connectivity index (χ2v) is 6.11. The lowest BCUT2D eigenvalue weighted by molar-refractivity contribution is 0.172. The molecule has 0 unspecified atom stereocenters. The molecule has 0 aromatic heterocycles. The summed E-state index contributed by atoms with van der Waals surface area (Å²) in [6.45, 7) is 7.62. The van der Waals surface area contributed by atoms with Crippen molar-refractivity contribution in [2.24, 2.45) is 5.92 Å². The molecule has 118 valence electrons. The van der Waals surface area contributed by atoms with E-state index in [0.717, 1.165) is 37.8 Å². The van der Waals surface area contributed by atoms with Crippen LogP contribution in [0.5, 0.6) is 5.75 Å². The van der Waals surface area contributed by atoms with Crippen LogP contribution in [0, 0.1) is 5.92 Å². The second-order valence-electron chi connectivity index (χ2n) is 6.11. The highest BCUT2D eigenvalue weighted by Crippen LogP contribution is 2.22. The minimum atomic E-state index is 0.806. The third-order valence-electron chi connectivity index (χ3n) is 4.29. The summed E-state index contributed by atoms with van der Waals surface area (Å²) in [5.74, 6) is 1.92. The molecule has 1 N–H and O–H groups in total. The van der Waals surface area contributed by atoms with Gasteiger partial charge in [-0.05, 0) is 76.0 Å². The summed E-state index contributed by atoms with van der Waals surface area (Å²) >= 11 is 0. The van der Waals surface area contributed by atoms with Crippen LogP contribution in [0.15, 0.2) is 24.3 Å². The van der Waals surface area contributed by atoms with E-state index in [1.807, 2.05) is 7.05 Å². The van der Waals surface area contributed by atoms with Gasteiger partial charge in [-0.1, -0.05) is 19.1 Å². The quantitative estimate of drug-likeness (QED) is 0.795. The van der Waals surface area contributed by atoms with Gasteiger partial charge in [0, 0.05) is 6.54 Å². The van der Waals surface area contributed by atoms with Crippen LogP contribution in [0.25, 0.3) is 0 Å². The zero-order valence-electron chi connectivity index (χ0n) is 13.6. The summed E-state index contributed by atoms with van der Waals surface area (Å²) in [5, 5.41) is 3.26. The van der Waals surface area contributed by atoms with Crippen LogP contribution < -0.4 is 10.1 Å². The van der Waals surface area contributed by atoms with Crippen molar-refractivity contribution in [3.63, 3.8) is 0 Å². The Morgan fingerprint density at radius 2 is 2.10 bits per heavy atom. The molecule has 0 bridgehead atoms. The van der Waals surface area contributed by atoms with Crippen molar-refractivity contribution in [2.45, 2.75) is 39.2 Å². The fourth-order valence-corrected chi connectivity index (χ4v) is 2.99. The number of nitrogens with zero attached hydrogens (tertiary/aromatic N) is 1. The van der Waals surface area contributed by atoms with Gasteiger partial charge in [0.15, 0.2) is 0 Å². The molecule has 1 saturated heterocycles. The summed E-state index contributed by atoms with van der Waals surface area (Å²) in [6, 6.07) is 8.58. The smallest absolute Gasteiger partial charge is 0.119 e. The van der Waals surface area contributed by atoms with E-state index in [2.05, 4.69) is 41.4 Å². The van der Waals surface area contributed by atoms with Crippen molar-refractivity contribution < 1.29 is 4.74 Å². The molecule has 0 saturated carbocycles. The molecule has 0 aliphatic carbocycles. The summed E-state index contributed by atoms with van der Waals surface area (Å²) in [4.78, 5) is 2.58. The predicted octanol–water partition coefficient (Wildman–Crippen LogP) is 3.30. The van der Waals surface area contributed by atoms with Gasteiger partial charge in [-0.2, -0.15) is 0 Å². The van der Waals surface area contributed by atoms with E-state index in [1.54, 1.807) is 0 Å². The maximum absolute atomic E-state index is 5.72. The van der Waals surface area contributed by atoms with E-state index in [1.165, 1.54) is 37.9 Å². The highest BCUT2D eigenvalue weighted by molar-refractivity contribution is 5.28. The fourth-order valence-electron chi connectivity index (χ4n) is 2.99. The molecule has 1 aromatic rings. The van der Waals surface area contributed by atoms with Gasteiger partial charge in [0.25, 0.3) is 0 Å². The van der Waals surface area contributed by atoms with Gasteiger partial charge in [-0.15, -0.1) is 0 Å². The van der Waals surface area contributed by atoms with E-state index >= 15 is 0 Å². The molecule has 3 nitrogen and oxygen atoms in total. The zero-order chi connectivity index (χ0) is 14.9. The molecule has 3 heteroatoms. The number of piperidine rings is 1. The van der Waals surface area contributed by atoms with Crippen LogP contribution in [0.2, 0.25) is 0 Å². The molecular weight excluding hydrogens is 260 g/mol. The van der Waals surface area contributed by atoms with E-state index in [-0.39, 0.29) is 0 Å². The van der Waals surface area contributed by atoms with Crippen molar-refractivity contribution in [1.82, 2.24) is 10.2 Å². The number of ether oxygens (including phenoxy) is 1. The van der Waals surface area contributed by atoms with Crippen LogP contribution >= 0.6 is 0 Å². The predicted molar refractivity (Wildman–Crippen MR) is 88.8 cm³/mol. The maximum atomic E-state index is 5.72. The Morgan fingerprint density at radius 3 is 2.81 bits per heavy atom. The summed E-state index contributed by atoms with van der Waals surface area (Å²) in [6.07, 6.45) is 5.07. The van der Waals surface area contributed by atoms with E-state index in [4.69, 9.17) is 4.74 Å². The molecule has 1 aromatic carbocycles. The number of nitrogens with one attached hydrogen (secondary N) is 1. The lowest BCUT2D eigenvalue weighted by Crippen LogP contribution is -2.34. The minimum absolute atomic E-state index is 0.806. The highest BCUT2D eigenvalue weighted by atomic mass is 16.5. The Kier molecular flexibility index (Phi) is 7.04. The Labute approximate surface area is 129 Å². The van der Waals surface area contributed by atoms with Crippen LogP contribution in [0.4, 0.5) is 0 Å². The van der Waals surface area contributed by atoms with E-state index in [9.17, 15) is 0 Å². The first kappa shape index (κ1) is 16.3. The molecule has 1 heterocycles. The van der Waals surface area contributed by atoms with Crippen molar-refractivity contribution in [3.05, 3.63) is 29.8 Å². The van der Waals surface area contributed by atoms with Gasteiger partial charge in [0.2, 0.25) is 0 Å². The maximum Gasteiger partial charge on any atom is 0.119 e. The molecule has 1 aliphatic rings. The van der Waals surface area contributed by atoms with Gasteiger partial charge in [0.1, 0.15) is 5.75 Å². The van der Waals surface area contributed by atoms with Gasteiger partial charge < -0.3 is 10.1 Å². The first-order chi connectivity index (χ1) is 10.3. The lowest BCUT2D eigenvalue weighted by atomic mass is 9.93. The monoisotopic (exact) mass is 290 g/mol. The molecule has 0 spiro atoms. The summed E-state index contributed by atoms with van der Waals surface area (Å²) < 4.78 is 5.72. The number of rotatable bonds is 8. The standard InChI is InChI=1S/C18H30N2O/c1-3-13-21-18-6-4-5-17(14-18)15-20-11-8-16(9-12-20)7-10-19-2/h4-6,14,16,19H,3,7-13,15H2,1-2H3.